The molecule has 1 fully saturated rings. The summed E-state index contributed by atoms with van der Waals surface area (Å²) in [7, 11) is 0. The van der Waals surface area contributed by atoms with Gasteiger partial charge < -0.3 is 9.64 Å². The Bertz CT molecular complexity index is 493. The third kappa shape index (κ3) is 2.72. The molecule has 0 aromatic carbocycles. The first kappa shape index (κ1) is 13.2. The lowest BCUT2D eigenvalue weighted by molar-refractivity contribution is 0.0163. The summed E-state index contributed by atoms with van der Waals surface area (Å²) in [5.74, 6) is 0.0329. The van der Waals surface area contributed by atoms with E-state index in [0.717, 1.165) is 39.0 Å². The van der Waals surface area contributed by atoms with Gasteiger partial charge in [-0.05, 0) is 19.3 Å². The summed E-state index contributed by atoms with van der Waals surface area (Å²) in [5, 5.41) is 0. The zero-order chi connectivity index (χ0) is 13.8. The van der Waals surface area contributed by atoms with Gasteiger partial charge in [-0.25, -0.2) is 9.97 Å². The fraction of sp³-hybridized carbons (Fsp3) is 0.533. The quantitative estimate of drug-likeness (QED) is 0.730. The molecule has 106 valence electrons. The predicted octanol–water partition coefficient (Wildman–Crippen LogP) is 1.68. The van der Waals surface area contributed by atoms with Crippen molar-refractivity contribution in [3.8, 4) is 0 Å². The van der Waals surface area contributed by atoms with Crippen molar-refractivity contribution in [2.75, 3.05) is 26.3 Å². The van der Waals surface area contributed by atoms with Crippen LogP contribution >= 0.6 is 0 Å². The molecule has 5 heteroatoms. The molecule has 1 spiro atoms. The summed E-state index contributed by atoms with van der Waals surface area (Å²) >= 11 is 0. The van der Waals surface area contributed by atoms with Crippen LogP contribution in [0.15, 0.2) is 30.9 Å². The number of hydrogen-bond acceptors (Lipinski definition) is 4. The number of carbonyl (C=O) groups excluding carboxylic acids is 1. The van der Waals surface area contributed by atoms with E-state index in [1.165, 1.54) is 6.33 Å². The molecule has 3 heterocycles. The number of rotatable bonds is 1. The minimum absolute atomic E-state index is 0.0329. The maximum absolute atomic E-state index is 12.3. The molecule has 0 unspecified atom stereocenters. The molecular formula is C15H19N3O2. The van der Waals surface area contributed by atoms with Crippen molar-refractivity contribution in [1.29, 1.82) is 0 Å². The van der Waals surface area contributed by atoms with Gasteiger partial charge >= 0.3 is 0 Å². The van der Waals surface area contributed by atoms with Gasteiger partial charge in [-0.3, -0.25) is 4.79 Å². The van der Waals surface area contributed by atoms with E-state index in [9.17, 15) is 4.79 Å². The predicted molar refractivity (Wildman–Crippen MR) is 74.2 cm³/mol. The Kier molecular flexibility index (Phi) is 3.78. The lowest BCUT2D eigenvalue weighted by Gasteiger charge is -2.40. The first-order chi connectivity index (χ1) is 9.79. The standard InChI is InChI=1S/C15H19N3O2/c19-14(13-9-16-12-17-10-13)18-6-4-15(5-7-18)3-1-2-8-20-11-15/h1-2,9-10,12H,3-8,11H2. The number of nitrogens with zero attached hydrogens (tertiary/aromatic N) is 3. The highest BCUT2D eigenvalue weighted by molar-refractivity contribution is 5.93. The van der Waals surface area contributed by atoms with Crippen LogP contribution in [0.3, 0.4) is 0 Å². The summed E-state index contributed by atoms with van der Waals surface area (Å²) in [6.07, 6.45) is 12.0. The molecule has 2 aliphatic rings. The van der Waals surface area contributed by atoms with Crippen molar-refractivity contribution in [3.05, 3.63) is 36.4 Å². The van der Waals surface area contributed by atoms with Gasteiger partial charge in [0.05, 0.1) is 18.8 Å². The average molecular weight is 273 g/mol. The Labute approximate surface area is 118 Å². The second-order valence-corrected chi connectivity index (χ2v) is 5.61. The molecule has 5 nitrogen and oxygen atoms in total. The van der Waals surface area contributed by atoms with Crippen LogP contribution in [0.5, 0.6) is 0 Å². The summed E-state index contributed by atoms with van der Waals surface area (Å²) in [6, 6.07) is 0. The number of carbonyl (C=O) groups is 1. The molecule has 0 aliphatic carbocycles. The van der Waals surface area contributed by atoms with Gasteiger partial charge in [0.2, 0.25) is 0 Å². The Hall–Kier alpha value is -1.75. The van der Waals surface area contributed by atoms with Crippen LogP contribution < -0.4 is 0 Å². The van der Waals surface area contributed by atoms with Crippen LogP contribution in [0, 0.1) is 5.41 Å². The largest absolute Gasteiger partial charge is 0.377 e. The molecule has 0 radical (unpaired) electrons. The zero-order valence-corrected chi connectivity index (χ0v) is 11.5. The van der Waals surface area contributed by atoms with Gasteiger partial charge in [-0.15, -0.1) is 0 Å². The van der Waals surface area contributed by atoms with E-state index in [0.29, 0.717) is 12.2 Å². The normalized spacial score (nSPS) is 21.7. The number of likely N-dealkylation sites (tertiary alicyclic amines) is 1. The first-order valence-corrected chi connectivity index (χ1v) is 7.06. The lowest BCUT2D eigenvalue weighted by atomic mass is 9.76. The maximum Gasteiger partial charge on any atom is 0.256 e. The van der Waals surface area contributed by atoms with Crippen molar-refractivity contribution in [1.82, 2.24) is 14.9 Å². The monoisotopic (exact) mass is 273 g/mol. The Morgan fingerprint density at radius 2 is 1.95 bits per heavy atom. The van der Waals surface area contributed by atoms with Crippen LogP contribution in [0.4, 0.5) is 0 Å². The van der Waals surface area contributed by atoms with Gasteiger partial charge in [0.25, 0.3) is 5.91 Å². The highest BCUT2D eigenvalue weighted by atomic mass is 16.5. The van der Waals surface area contributed by atoms with Crippen molar-refractivity contribution < 1.29 is 9.53 Å². The summed E-state index contributed by atoms with van der Waals surface area (Å²) in [6.45, 7) is 3.08. The molecule has 1 aromatic rings. The zero-order valence-electron chi connectivity index (χ0n) is 11.5. The maximum atomic E-state index is 12.3. The third-order valence-electron chi connectivity index (χ3n) is 4.26. The molecule has 2 aliphatic heterocycles. The van der Waals surface area contributed by atoms with E-state index in [-0.39, 0.29) is 11.3 Å². The van der Waals surface area contributed by atoms with Gasteiger partial charge in [0, 0.05) is 30.9 Å². The molecule has 0 N–H and O–H groups in total. The van der Waals surface area contributed by atoms with E-state index in [4.69, 9.17) is 4.74 Å². The van der Waals surface area contributed by atoms with Crippen molar-refractivity contribution in [3.63, 3.8) is 0 Å². The third-order valence-corrected chi connectivity index (χ3v) is 4.26. The molecule has 3 rings (SSSR count). The Morgan fingerprint density at radius 3 is 2.70 bits per heavy atom. The second kappa shape index (κ2) is 5.71. The van der Waals surface area contributed by atoms with Crippen molar-refractivity contribution >= 4 is 5.91 Å². The van der Waals surface area contributed by atoms with Crippen molar-refractivity contribution in [2.24, 2.45) is 5.41 Å². The van der Waals surface area contributed by atoms with E-state index in [1.54, 1.807) is 12.4 Å². The highest BCUT2D eigenvalue weighted by Gasteiger charge is 2.36. The van der Waals surface area contributed by atoms with E-state index in [1.807, 2.05) is 4.90 Å². The topological polar surface area (TPSA) is 55.3 Å². The molecule has 0 bridgehead atoms. The van der Waals surface area contributed by atoms with Gasteiger partial charge in [-0.1, -0.05) is 12.2 Å². The average Bonchev–Trinajstić information content (AvgIpc) is 2.74. The van der Waals surface area contributed by atoms with E-state index < -0.39 is 0 Å². The fourth-order valence-corrected chi connectivity index (χ4v) is 2.93. The Balaban J connectivity index is 1.63. The van der Waals surface area contributed by atoms with Crippen LogP contribution in [0.1, 0.15) is 29.6 Å². The number of aromatic nitrogens is 2. The molecule has 1 amide bonds. The smallest absolute Gasteiger partial charge is 0.256 e. The van der Waals surface area contributed by atoms with E-state index in [2.05, 4.69) is 22.1 Å². The summed E-state index contributed by atoms with van der Waals surface area (Å²) in [4.78, 5) is 22.1. The van der Waals surface area contributed by atoms with Crippen LogP contribution in [0.25, 0.3) is 0 Å². The Morgan fingerprint density at radius 1 is 1.20 bits per heavy atom. The number of ether oxygens (including phenoxy) is 1. The number of amides is 1. The molecule has 0 atom stereocenters. The number of allylic oxidation sites excluding steroid dienone is 1. The summed E-state index contributed by atoms with van der Waals surface area (Å²) in [5.41, 5.74) is 0.789. The first-order valence-electron chi connectivity index (χ1n) is 7.06. The minimum atomic E-state index is 0.0329. The molecule has 0 saturated carbocycles. The van der Waals surface area contributed by atoms with Crippen LogP contribution in [-0.4, -0.2) is 47.1 Å². The molecule has 1 aromatic heterocycles. The van der Waals surface area contributed by atoms with Gasteiger partial charge in [-0.2, -0.15) is 0 Å². The summed E-state index contributed by atoms with van der Waals surface area (Å²) < 4.78 is 5.66. The SMILES string of the molecule is O=C(c1cncnc1)N1CCC2(CC=CCOC2)CC1. The molecular weight excluding hydrogens is 254 g/mol. The van der Waals surface area contributed by atoms with Crippen molar-refractivity contribution in [2.45, 2.75) is 19.3 Å². The van der Waals surface area contributed by atoms with Crippen LogP contribution in [-0.2, 0) is 4.74 Å². The van der Waals surface area contributed by atoms with Gasteiger partial charge in [0.1, 0.15) is 6.33 Å². The highest BCUT2D eigenvalue weighted by Crippen LogP contribution is 2.37. The van der Waals surface area contributed by atoms with Gasteiger partial charge in [0.15, 0.2) is 0 Å². The second-order valence-electron chi connectivity index (χ2n) is 5.61. The number of hydrogen-bond donors (Lipinski definition) is 0. The molecule has 20 heavy (non-hydrogen) atoms. The fourth-order valence-electron chi connectivity index (χ4n) is 2.93. The van der Waals surface area contributed by atoms with E-state index >= 15 is 0 Å². The minimum Gasteiger partial charge on any atom is -0.377 e. The van der Waals surface area contributed by atoms with Crippen LogP contribution in [0.2, 0.25) is 0 Å². The lowest BCUT2D eigenvalue weighted by Crippen LogP contribution is -2.44. The number of piperidine rings is 1. The molecule has 1 saturated heterocycles.